The number of morpholine rings is 1. The molecular formula is C12H17FN2O. The summed E-state index contributed by atoms with van der Waals surface area (Å²) in [7, 11) is 0. The standard InChI is InChI=1S/C12H17FN2O/c1-9-8-15(4-5-16-9)12-3-2-10(7-14)6-11(12)13/h2-3,6,9H,4-5,7-8,14H2,1H3. The molecule has 1 unspecified atom stereocenters. The highest BCUT2D eigenvalue weighted by molar-refractivity contribution is 5.49. The minimum absolute atomic E-state index is 0.155. The Morgan fingerprint density at radius 1 is 1.56 bits per heavy atom. The van der Waals surface area contributed by atoms with Crippen LogP contribution in [0.5, 0.6) is 0 Å². The summed E-state index contributed by atoms with van der Waals surface area (Å²) in [6, 6.07) is 5.18. The molecule has 2 rings (SSSR count). The van der Waals surface area contributed by atoms with Gasteiger partial charge in [-0.25, -0.2) is 4.39 Å². The van der Waals surface area contributed by atoms with Crippen molar-refractivity contribution < 1.29 is 9.13 Å². The summed E-state index contributed by atoms with van der Waals surface area (Å²) in [4.78, 5) is 2.02. The van der Waals surface area contributed by atoms with E-state index in [1.54, 1.807) is 6.07 Å². The highest BCUT2D eigenvalue weighted by Crippen LogP contribution is 2.22. The Hall–Kier alpha value is -1.13. The molecule has 0 amide bonds. The summed E-state index contributed by atoms with van der Waals surface area (Å²) in [6.45, 7) is 4.50. The van der Waals surface area contributed by atoms with Gasteiger partial charge in [0.25, 0.3) is 0 Å². The zero-order chi connectivity index (χ0) is 11.5. The van der Waals surface area contributed by atoms with Crippen molar-refractivity contribution in [2.75, 3.05) is 24.6 Å². The van der Waals surface area contributed by atoms with Crippen molar-refractivity contribution >= 4 is 5.69 Å². The van der Waals surface area contributed by atoms with Crippen molar-refractivity contribution in [3.05, 3.63) is 29.6 Å². The molecule has 0 aliphatic carbocycles. The van der Waals surface area contributed by atoms with E-state index in [1.165, 1.54) is 6.07 Å². The van der Waals surface area contributed by atoms with Crippen LogP contribution >= 0.6 is 0 Å². The second-order valence-corrected chi connectivity index (χ2v) is 4.12. The molecule has 0 aromatic heterocycles. The second-order valence-electron chi connectivity index (χ2n) is 4.12. The fourth-order valence-electron chi connectivity index (χ4n) is 1.97. The Bertz CT molecular complexity index is 370. The summed E-state index contributed by atoms with van der Waals surface area (Å²) in [6.07, 6.45) is 0.155. The SMILES string of the molecule is CC1CN(c2ccc(CN)cc2F)CCO1. The molecule has 0 saturated carbocycles. The van der Waals surface area contributed by atoms with E-state index in [4.69, 9.17) is 10.5 Å². The van der Waals surface area contributed by atoms with Crippen LogP contribution in [0.3, 0.4) is 0 Å². The van der Waals surface area contributed by atoms with Crippen LogP contribution in [0.15, 0.2) is 18.2 Å². The molecular weight excluding hydrogens is 207 g/mol. The molecule has 0 radical (unpaired) electrons. The molecule has 1 aromatic rings. The Labute approximate surface area is 95.0 Å². The molecule has 1 saturated heterocycles. The van der Waals surface area contributed by atoms with Crippen molar-refractivity contribution in [3.8, 4) is 0 Å². The topological polar surface area (TPSA) is 38.5 Å². The normalized spacial score (nSPS) is 21.2. The van der Waals surface area contributed by atoms with Gasteiger partial charge in [0.05, 0.1) is 18.4 Å². The van der Waals surface area contributed by atoms with Crippen molar-refractivity contribution in [2.45, 2.75) is 19.6 Å². The lowest BCUT2D eigenvalue weighted by atomic mass is 10.1. The summed E-state index contributed by atoms with van der Waals surface area (Å²) < 4.78 is 19.2. The third kappa shape index (κ3) is 2.33. The molecule has 3 nitrogen and oxygen atoms in total. The summed E-state index contributed by atoms with van der Waals surface area (Å²) >= 11 is 0. The Balaban J connectivity index is 2.19. The third-order valence-corrected chi connectivity index (χ3v) is 2.83. The van der Waals surface area contributed by atoms with Gasteiger partial charge in [0, 0.05) is 19.6 Å². The quantitative estimate of drug-likeness (QED) is 0.827. The molecule has 0 spiro atoms. The van der Waals surface area contributed by atoms with Crippen LogP contribution in [0.25, 0.3) is 0 Å². The smallest absolute Gasteiger partial charge is 0.146 e. The molecule has 1 atom stereocenters. The van der Waals surface area contributed by atoms with Crippen LogP contribution in [-0.2, 0) is 11.3 Å². The van der Waals surface area contributed by atoms with Crippen LogP contribution in [0.2, 0.25) is 0 Å². The number of hydrogen-bond donors (Lipinski definition) is 1. The molecule has 1 heterocycles. The van der Waals surface area contributed by atoms with E-state index in [1.807, 2.05) is 17.9 Å². The van der Waals surface area contributed by atoms with Crippen LogP contribution in [0, 0.1) is 5.82 Å². The molecule has 4 heteroatoms. The maximum absolute atomic E-state index is 13.8. The van der Waals surface area contributed by atoms with E-state index >= 15 is 0 Å². The van der Waals surface area contributed by atoms with Crippen molar-refractivity contribution in [3.63, 3.8) is 0 Å². The predicted octanol–water partition coefficient (Wildman–Crippen LogP) is 1.51. The minimum Gasteiger partial charge on any atom is -0.375 e. The van der Waals surface area contributed by atoms with Crippen LogP contribution < -0.4 is 10.6 Å². The van der Waals surface area contributed by atoms with E-state index in [9.17, 15) is 4.39 Å². The lowest BCUT2D eigenvalue weighted by Gasteiger charge is -2.33. The first-order valence-corrected chi connectivity index (χ1v) is 5.55. The third-order valence-electron chi connectivity index (χ3n) is 2.83. The van der Waals surface area contributed by atoms with Crippen LogP contribution in [0.4, 0.5) is 10.1 Å². The first-order valence-electron chi connectivity index (χ1n) is 5.55. The first-order chi connectivity index (χ1) is 7.70. The van der Waals surface area contributed by atoms with Gasteiger partial charge in [-0.1, -0.05) is 6.07 Å². The lowest BCUT2D eigenvalue weighted by molar-refractivity contribution is 0.0530. The molecule has 2 N–H and O–H groups in total. The molecule has 16 heavy (non-hydrogen) atoms. The van der Waals surface area contributed by atoms with E-state index in [0.717, 1.165) is 18.7 Å². The number of rotatable bonds is 2. The molecule has 1 aliphatic heterocycles. The zero-order valence-electron chi connectivity index (χ0n) is 9.45. The maximum Gasteiger partial charge on any atom is 0.146 e. The summed E-state index contributed by atoms with van der Waals surface area (Å²) in [5.74, 6) is -0.197. The van der Waals surface area contributed by atoms with Gasteiger partial charge < -0.3 is 15.4 Å². The Morgan fingerprint density at radius 3 is 3.00 bits per heavy atom. The second kappa shape index (κ2) is 4.80. The highest BCUT2D eigenvalue weighted by Gasteiger charge is 2.19. The average molecular weight is 224 g/mol. The van der Waals surface area contributed by atoms with Gasteiger partial charge in [-0.15, -0.1) is 0 Å². The lowest BCUT2D eigenvalue weighted by Crippen LogP contribution is -2.41. The number of ether oxygens (including phenoxy) is 1. The van der Waals surface area contributed by atoms with Crippen LogP contribution in [-0.4, -0.2) is 25.8 Å². The van der Waals surface area contributed by atoms with Crippen molar-refractivity contribution in [2.24, 2.45) is 5.73 Å². The number of nitrogens with two attached hydrogens (primary N) is 1. The number of hydrogen-bond acceptors (Lipinski definition) is 3. The van der Waals surface area contributed by atoms with Gasteiger partial charge in [0.15, 0.2) is 0 Å². The number of nitrogens with zero attached hydrogens (tertiary/aromatic N) is 1. The first kappa shape index (κ1) is 11.4. The number of anilines is 1. The van der Waals surface area contributed by atoms with E-state index in [-0.39, 0.29) is 11.9 Å². The molecule has 1 fully saturated rings. The van der Waals surface area contributed by atoms with Gasteiger partial charge in [-0.3, -0.25) is 0 Å². The van der Waals surface area contributed by atoms with E-state index < -0.39 is 0 Å². The summed E-state index contributed by atoms with van der Waals surface area (Å²) in [5.41, 5.74) is 6.94. The number of halogens is 1. The van der Waals surface area contributed by atoms with Gasteiger partial charge in [-0.2, -0.15) is 0 Å². The van der Waals surface area contributed by atoms with Gasteiger partial charge >= 0.3 is 0 Å². The minimum atomic E-state index is -0.197. The molecule has 88 valence electrons. The maximum atomic E-state index is 13.8. The van der Waals surface area contributed by atoms with E-state index in [2.05, 4.69) is 0 Å². The fourth-order valence-corrected chi connectivity index (χ4v) is 1.97. The van der Waals surface area contributed by atoms with Gasteiger partial charge in [0.2, 0.25) is 0 Å². The highest BCUT2D eigenvalue weighted by atomic mass is 19.1. The fraction of sp³-hybridized carbons (Fsp3) is 0.500. The van der Waals surface area contributed by atoms with Crippen LogP contribution in [0.1, 0.15) is 12.5 Å². The average Bonchev–Trinajstić information content (AvgIpc) is 2.28. The molecule has 0 bridgehead atoms. The number of benzene rings is 1. The molecule has 1 aliphatic rings. The zero-order valence-corrected chi connectivity index (χ0v) is 9.45. The Morgan fingerprint density at radius 2 is 2.38 bits per heavy atom. The Kier molecular flexibility index (Phi) is 3.41. The van der Waals surface area contributed by atoms with Gasteiger partial charge in [-0.05, 0) is 24.6 Å². The monoisotopic (exact) mass is 224 g/mol. The predicted molar refractivity (Wildman–Crippen MR) is 61.9 cm³/mol. The summed E-state index contributed by atoms with van der Waals surface area (Å²) in [5, 5.41) is 0. The van der Waals surface area contributed by atoms with E-state index in [0.29, 0.717) is 18.8 Å². The molecule has 1 aromatic carbocycles. The van der Waals surface area contributed by atoms with Crippen molar-refractivity contribution in [1.29, 1.82) is 0 Å². The largest absolute Gasteiger partial charge is 0.375 e. The van der Waals surface area contributed by atoms with Gasteiger partial charge in [0.1, 0.15) is 5.82 Å². The van der Waals surface area contributed by atoms with Crippen molar-refractivity contribution in [1.82, 2.24) is 0 Å².